The maximum Gasteiger partial charge on any atom is 0.327 e. The van der Waals surface area contributed by atoms with Gasteiger partial charge in [0.25, 0.3) is 5.91 Å². The highest BCUT2D eigenvalue weighted by Crippen LogP contribution is 2.27. The lowest BCUT2D eigenvalue weighted by Crippen LogP contribution is -2.18. The van der Waals surface area contributed by atoms with Crippen molar-refractivity contribution in [1.82, 2.24) is 14.5 Å². The molecule has 32 heavy (non-hydrogen) atoms. The van der Waals surface area contributed by atoms with Crippen molar-refractivity contribution in [3.63, 3.8) is 0 Å². The van der Waals surface area contributed by atoms with E-state index in [0.29, 0.717) is 28.0 Å². The molecule has 9 heteroatoms. The first-order chi connectivity index (χ1) is 15.2. The van der Waals surface area contributed by atoms with Gasteiger partial charge in [-0.1, -0.05) is 12.1 Å². The van der Waals surface area contributed by atoms with Gasteiger partial charge in [0.1, 0.15) is 0 Å². The third-order valence-corrected chi connectivity index (χ3v) is 5.23. The highest BCUT2D eigenvalue weighted by Gasteiger charge is 2.14. The number of nitrogens with one attached hydrogen (secondary N) is 2. The Balaban J connectivity index is 1.68. The van der Waals surface area contributed by atoms with E-state index in [9.17, 15) is 14.4 Å². The van der Waals surface area contributed by atoms with E-state index in [2.05, 4.69) is 15.3 Å². The van der Waals surface area contributed by atoms with Gasteiger partial charge in [0, 0.05) is 44.0 Å². The molecule has 0 spiro atoms. The van der Waals surface area contributed by atoms with Crippen molar-refractivity contribution >= 4 is 34.4 Å². The monoisotopic (exact) mass is 430 g/mol. The second kappa shape index (κ2) is 8.03. The number of H-pyrrole nitrogens is 1. The van der Waals surface area contributed by atoms with Gasteiger partial charge >= 0.3 is 5.69 Å². The Morgan fingerprint density at radius 2 is 1.84 bits per heavy atom. The number of aryl methyl sites for hydroxylation is 1. The molecule has 0 aliphatic carbocycles. The summed E-state index contributed by atoms with van der Waals surface area (Å²) < 4.78 is 1.48. The van der Waals surface area contributed by atoms with Crippen molar-refractivity contribution < 1.29 is 9.59 Å². The third-order valence-electron chi connectivity index (χ3n) is 5.23. The van der Waals surface area contributed by atoms with Crippen molar-refractivity contribution in [2.24, 2.45) is 12.8 Å². The minimum Gasteiger partial charge on any atom is -0.376 e. The molecular formula is C23H22N6O3. The van der Waals surface area contributed by atoms with Crippen molar-refractivity contribution in [1.29, 1.82) is 0 Å². The molecule has 4 aromatic rings. The number of fused-ring (bicyclic) bond motifs is 1. The van der Waals surface area contributed by atoms with Gasteiger partial charge in [0.05, 0.1) is 16.9 Å². The number of amides is 2. The van der Waals surface area contributed by atoms with Gasteiger partial charge in [0.15, 0.2) is 5.65 Å². The number of benzene rings is 2. The highest BCUT2D eigenvalue weighted by atomic mass is 16.2. The Morgan fingerprint density at radius 3 is 2.56 bits per heavy atom. The molecule has 4 rings (SSSR count). The molecule has 4 N–H and O–H groups in total. The number of hydrogen-bond donors (Lipinski definition) is 3. The van der Waals surface area contributed by atoms with Crippen LogP contribution in [0.2, 0.25) is 0 Å². The van der Waals surface area contributed by atoms with E-state index in [-0.39, 0.29) is 11.6 Å². The minimum absolute atomic E-state index is 0.243. The maximum absolute atomic E-state index is 13.0. The number of nitrogens with zero attached hydrogens (tertiary/aromatic N) is 3. The zero-order valence-corrected chi connectivity index (χ0v) is 17.8. The number of pyridine rings is 1. The molecule has 0 atom stereocenters. The molecule has 2 amide bonds. The Morgan fingerprint density at radius 1 is 1.06 bits per heavy atom. The van der Waals surface area contributed by atoms with Gasteiger partial charge in [-0.3, -0.25) is 19.1 Å². The Bertz CT molecular complexity index is 1420. The predicted molar refractivity (Wildman–Crippen MR) is 124 cm³/mol. The lowest BCUT2D eigenvalue weighted by atomic mass is 10.0. The number of primary amides is 1. The summed E-state index contributed by atoms with van der Waals surface area (Å²) in [5.74, 6) is -0.908. The van der Waals surface area contributed by atoms with E-state index in [1.54, 1.807) is 49.6 Å². The first-order valence-electron chi connectivity index (χ1n) is 9.82. The summed E-state index contributed by atoms with van der Waals surface area (Å²) in [6.45, 7) is 0. The molecule has 0 aliphatic rings. The lowest BCUT2D eigenvalue weighted by molar-refractivity contribution is 0.0996. The van der Waals surface area contributed by atoms with Crippen LogP contribution in [0.1, 0.15) is 20.7 Å². The Kier molecular flexibility index (Phi) is 5.23. The number of carbonyl (C=O) groups is 2. The number of aromatic nitrogens is 3. The lowest BCUT2D eigenvalue weighted by Gasteiger charge is -2.19. The average Bonchev–Trinajstić information content (AvgIpc) is 3.06. The quantitative estimate of drug-likeness (QED) is 0.448. The van der Waals surface area contributed by atoms with E-state index in [1.807, 2.05) is 31.1 Å². The van der Waals surface area contributed by atoms with Gasteiger partial charge in [-0.05, 0) is 42.0 Å². The number of anilines is 2. The Hall–Kier alpha value is -4.40. The normalized spacial score (nSPS) is 10.8. The zero-order chi connectivity index (χ0) is 23.0. The van der Waals surface area contributed by atoms with Gasteiger partial charge in [0.2, 0.25) is 5.91 Å². The smallest absolute Gasteiger partial charge is 0.327 e. The largest absolute Gasteiger partial charge is 0.376 e. The number of aromatic amines is 1. The molecule has 0 radical (unpaired) electrons. The van der Waals surface area contributed by atoms with E-state index in [4.69, 9.17) is 5.73 Å². The van der Waals surface area contributed by atoms with Crippen LogP contribution in [0, 0.1) is 0 Å². The zero-order valence-electron chi connectivity index (χ0n) is 17.8. The summed E-state index contributed by atoms with van der Waals surface area (Å²) in [7, 11) is 5.35. The molecule has 9 nitrogen and oxygen atoms in total. The van der Waals surface area contributed by atoms with Crippen molar-refractivity contribution in [2.75, 3.05) is 24.3 Å². The van der Waals surface area contributed by atoms with Crippen LogP contribution in [0.25, 0.3) is 22.3 Å². The number of hydrogen-bond acceptors (Lipinski definition) is 5. The third kappa shape index (κ3) is 3.83. The number of imidazole rings is 1. The summed E-state index contributed by atoms with van der Waals surface area (Å²) in [6.07, 6.45) is 1.65. The molecular weight excluding hydrogens is 408 g/mol. The number of nitrogens with two attached hydrogens (primary N) is 1. The molecule has 2 aromatic heterocycles. The summed E-state index contributed by atoms with van der Waals surface area (Å²) in [4.78, 5) is 45.2. The van der Waals surface area contributed by atoms with Crippen molar-refractivity contribution in [3.05, 3.63) is 76.3 Å². The van der Waals surface area contributed by atoms with Crippen molar-refractivity contribution in [3.8, 4) is 11.1 Å². The topological polar surface area (TPSA) is 126 Å². The fourth-order valence-electron chi connectivity index (χ4n) is 3.47. The summed E-state index contributed by atoms with van der Waals surface area (Å²) >= 11 is 0. The first kappa shape index (κ1) is 20.9. The SMILES string of the molecule is CN(C)c1ccc(C(N)=O)cc1NC(=O)c1cccc(-c2cnc3[nH]c(=O)n(C)c3c2)c1. The maximum atomic E-state index is 13.0. The number of carbonyl (C=O) groups excluding carboxylic acids is 2. The fraction of sp³-hybridized carbons (Fsp3) is 0.130. The van der Waals surface area contributed by atoms with Gasteiger partial charge in [-0.25, -0.2) is 9.78 Å². The predicted octanol–water partition coefficient (Wildman–Crippen LogP) is 2.35. The molecule has 0 unspecified atom stereocenters. The van der Waals surface area contributed by atoms with Gasteiger partial charge < -0.3 is 16.0 Å². The molecule has 2 aromatic carbocycles. The van der Waals surface area contributed by atoms with E-state index in [1.165, 1.54) is 4.57 Å². The average molecular weight is 430 g/mol. The number of rotatable bonds is 5. The Labute approximate surface area is 183 Å². The van der Waals surface area contributed by atoms with Crippen LogP contribution in [0.5, 0.6) is 0 Å². The van der Waals surface area contributed by atoms with E-state index in [0.717, 1.165) is 16.8 Å². The van der Waals surface area contributed by atoms with Gasteiger partial charge in [-0.15, -0.1) is 0 Å². The molecule has 2 heterocycles. The van der Waals surface area contributed by atoms with E-state index >= 15 is 0 Å². The standard InChI is InChI=1S/C23H22N6O3/c1-28(2)18-8-7-14(20(24)30)10-17(18)26-22(31)15-6-4-5-13(9-15)16-11-19-21(25-12-16)27-23(32)29(19)3/h4-12H,1-3H3,(H2,24,30)(H,26,31)(H,25,27,32). The second-order valence-electron chi connectivity index (χ2n) is 7.61. The molecule has 0 fully saturated rings. The summed E-state index contributed by atoms with van der Waals surface area (Å²) in [5, 5.41) is 2.87. The molecule has 0 saturated carbocycles. The van der Waals surface area contributed by atoms with Crippen LogP contribution in [0.15, 0.2) is 59.5 Å². The van der Waals surface area contributed by atoms with Gasteiger partial charge in [-0.2, -0.15) is 0 Å². The van der Waals surface area contributed by atoms with Crippen LogP contribution in [-0.2, 0) is 7.05 Å². The minimum atomic E-state index is -0.574. The first-order valence-corrected chi connectivity index (χ1v) is 9.82. The molecule has 0 bridgehead atoms. The van der Waals surface area contributed by atoms with Crippen LogP contribution in [0.3, 0.4) is 0 Å². The summed E-state index contributed by atoms with van der Waals surface area (Å²) in [6, 6.07) is 13.8. The molecule has 162 valence electrons. The van der Waals surface area contributed by atoms with E-state index < -0.39 is 5.91 Å². The second-order valence-corrected chi connectivity index (χ2v) is 7.61. The van der Waals surface area contributed by atoms with Crippen LogP contribution >= 0.6 is 0 Å². The molecule has 0 saturated heterocycles. The van der Waals surface area contributed by atoms with Crippen molar-refractivity contribution in [2.45, 2.75) is 0 Å². The fourth-order valence-corrected chi connectivity index (χ4v) is 3.47. The van der Waals surface area contributed by atoms with Crippen LogP contribution in [-0.4, -0.2) is 40.4 Å². The summed E-state index contributed by atoms with van der Waals surface area (Å²) in [5.41, 5.74) is 9.81. The molecule has 0 aliphatic heterocycles. The van der Waals surface area contributed by atoms with Crippen LogP contribution < -0.4 is 21.6 Å². The highest BCUT2D eigenvalue weighted by molar-refractivity contribution is 6.07. The van der Waals surface area contributed by atoms with Crippen LogP contribution in [0.4, 0.5) is 11.4 Å².